The van der Waals surface area contributed by atoms with Crippen LogP contribution in [0.1, 0.15) is 28.9 Å². The molecule has 1 aliphatic rings. The van der Waals surface area contributed by atoms with E-state index in [0.717, 1.165) is 25.2 Å². The predicted molar refractivity (Wildman–Crippen MR) is 93.0 cm³/mol. The summed E-state index contributed by atoms with van der Waals surface area (Å²) < 4.78 is 1.77. The van der Waals surface area contributed by atoms with Crippen LogP contribution in [0, 0.1) is 5.92 Å². The highest BCUT2D eigenvalue weighted by Crippen LogP contribution is 2.12. The summed E-state index contributed by atoms with van der Waals surface area (Å²) in [7, 11) is 3.50. The second-order valence-electron chi connectivity index (χ2n) is 6.36. The van der Waals surface area contributed by atoms with Gasteiger partial charge in [-0.1, -0.05) is 5.21 Å². The molecule has 1 fully saturated rings. The van der Waals surface area contributed by atoms with Crippen molar-refractivity contribution in [1.29, 1.82) is 0 Å². The number of nitrogens with zero attached hydrogens (tertiary/aromatic N) is 6. The van der Waals surface area contributed by atoms with Crippen LogP contribution in [-0.2, 0) is 13.1 Å². The van der Waals surface area contributed by atoms with Crippen molar-refractivity contribution in [3.05, 3.63) is 29.8 Å². The van der Waals surface area contributed by atoms with E-state index in [2.05, 4.69) is 30.9 Å². The van der Waals surface area contributed by atoms with Gasteiger partial charge in [-0.15, -0.1) is 5.10 Å². The maximum atomic E-state index is 12.5. The van der Waals surface area contributed by atoms with Gasteiger partial charge in [-0.3, -0.25) is 9.48 Å². The van der Waals surface area contributed by atoms with Crippen LogP contribution in [0.2, 0.25) is 0 Å². The molecule has 1 atom stereocenters. The smallest absolute Gasteiger partial charge is 0.276 e. The first-order valence-corrected chi connectivity index (χ1v) is 8.50. The van der Waals surface area contributed by atoms with E-state index in [1.54, 1.807) is 42.3 Å². The van der Waals surface area contributed by atoms with Gasteiger partial charge < -0.3 is 15.5 Å². The third kappa shape index (κ3) is 4.50. The molecular formula is C16H24N8O. The van der Waals surface area contributed by atoms with Crippen molar-refractivity contribution in [2.75, 3.05) is 32.5 Å². The zero-order valence-corrected chi connectivity index (χ0v) is 14.6. The molecule has 1 unspecified atom stereocenters. The summed E-state index contributed by atoms with van der Waals surface area (Å²) in [6.07, 6.45) is 7.50. The summed E-state index contributed by atoms with van der Waals surface area (Å²) in [4.78, 5) is 22.4. The monoisotopic (exact) mass is 344 g/mol. The highest BCUT2D eigenvalue weighted by Gasteiger charge is 2.19. The fourth-order valence-corrected chi connectivity index (χ4v) is 2.94. The Morgan fingerprint density at radius 1 is 1.44 bits per heavy atom. The number of anilines is 1. The molecule has 3 heterocycles. The summed E-state index contributed by atoms with van der Waals surface area (Å²) >= 11 is 0. The van der Waals surface area contributed by atoms with Gasteiger partial charge in [0.2, 0.25) is 5.95 Å². The molecule has 1 amide bonds. The van der Waals surface area contributed by atoms with Crippen LogP contribution < -0.4 is 10.6 Å². The molecule has 25 heavy (non-hydrogen) atoms. The van der Waals surface area contributed by atoms with E-state index in [9.17, 15) is 4.79 Å². The van der Waals surface area contributed by atoms with Gasteiger partial charge in [-0.05, 0) is 31.8 Å². The number of carbonyl (C=O) groups excluding carboxylic acids is 1. The minimum atomic E-state index is -0.161. The number of nitrogens with one attached hydrogen (secondary N) is 2. The lowest BCUT2D eigenvalue weighted by molar-refractivity contribution is 0.0779. The molecule has 9 heteroatoms. The minimum Gasteiger partial charge on any atom is -0.357 e. The Kier molecular flexibility index (Phi) is 5.54. The summed E-state index contributed by atoms with van der Waals surface area (Å²) in [5, 5.41) is 14.4. The van der Waals surface area contributed by atoms with Gasteiger partial charge in [-0.25, -0.2) is 9.97 Å². The van der Waals surface area contributed by atoms with Gasteiger partial charge in [0.25, 0.3) is 5.91 Å². The van der Waals surface area contributed by atoms with Gasteiger partial charge in [-0.2, -0.15) is 0 Å². The molecule has 9 nitrogen and oxygen atoms in total. The fourth-order valence-electron chi connectivity index (χ4n) is 2.94. The van der Waals surface area contributed by atoms with Crippen molar-refractivity contribution < 1.29 is 4.79 Å². The van der Waals surface area contributed by atoms with Crippen LogP contribution in [0.5, 0.6) is 0 Å². The molecule has 2 aromatic rings. The van der Waals surface area contributed by atoms with Crippen molar-refractivity contribution in [2.45, 2.75) is 25.9 Å². The number of aromatic nitrogens is 5. The molecule has 0 bridgehead atoms. The summed E-state index contributed by atoms with van der Waals surface area (Å²) in [6, 6.07) is 0. The van der Waals surface area contributed by atoms with Crippen molar-refractivity contribution in [3.8, 4) is 0 Å². The molecule has 0 spiro atoms. The van der Waals surface area contributed by atoms with E-state index in [4.69, 9.17) is 0 Å². The molecule has 0 aliphatic carbocycles. The Morgan fingerprint density at radius 3 is 2.92 bits per heavy atom. The van der Waals surface area contributed by atoms with Crippen molar-refractivity contribution in [3.63, 3.8) is 0 Å². The Hall–Kier alpha value is -2.55. The molecule has 134 valence electrons. The highest BCUT2D eigenvalue weighted by molar-refractivity contribution is 5.91. The Bertz CT molecular complexity index is 692. The predicted octanol–water partition coefficient (Wildman–Crippen LogP) is 0.382. The second-order valence-corrected chi connectivity index (χ2v) is 6.36. The van der Waals surface area contributed by atoms with E-state index in [-0.39, 0.29) is 5.91 Å². The zero-order chi connectivity index (χ0) is 17.6. The van der Waals surface area contributed by atoms with E-state index >= 15 is 0 Å². The minimum absolute atomic E-state index is 0.161. The summed E-state index contributed by atoms with van der Waals surface area (Å²) in [5.41, 5.74) is 1.22. The largest absolute Gasteiger partial charge is 0.357 e. The van der Waals surface area contributed by atoms with Crippen LogP contribution in [0.25, 0.3) is 0 Å². The lowest BCUT2D eigenvalue weighted by Crippen LogP contribution is -2.32. The van der Waals surface area contributed by atoms with Gasteiger partial charge in [0.1, 0.15) is 0 Å². The third-order valence-electron chi connectivity index (χ3n) is 4.30. The van der Waals surface area contributed by atoms with Gasteiger partial charge in [0.05, 0.1) is 6.20 Å². The molecular weight excluding hydrogens is 320 g/mol. The van der Waals surface area contributed by atoms with Crippen LogP contribution in [0.15, 0.2) is 18.6 Å². The average molecular weight is 344 g/mol. The van der Waals surface area contributed by atoms with Crippen LogP contribution >= 0.6 is 0 Å². The Morgan fingerprint density at radius 2 is 2.24 bits per heavy atom. The Balaban J connectivity index is 1.57. The molecule has 3 rings (SSSR count). The zero-order valence-electron chi connectivity index (χ0n) is 14.6. The normalized spacial score (nSPS) is 17.3. The van der Waals surface area contributed by atoms with Gasteiger partial charge in [0.15, 0.2) is 5.69 Å². The van der Waals surface area contributed by atoms with E-state index in [1.165, 1.54) is 12.8 Å². The molecule has 0 saturated carbocycles. The summed E-state index contributed by atoms with van der Waals surface area (Å²) in [6.45, 7) is 3.28. The molecule has 0 radical (unpaired) electrons. The number of amides is 1. The van der Waals surface area contributed by atoms with E-state index in [1.807, 2.05) is 0 Å². The standard InChI is InChI=1S/C16H24N8O/c1-17-16-19-7-13(8-20-16)9-23(2)15(25)14-11-24(22-21-14)10-12-4-3-5-18-6-12/h7-8,11-12,18H,3-6,9-10H2,1-2H3,(H,17,19,20). The van der Waals surface area contributed by atoms with E-state index in [0.29, 0.717) is 24.1 Å². The van der Waals surface area contributed by atoms with Gasteiger partial charge in [0, 0.05) is 45.1 Å². The molecule has 2 aromatic heterocycles. The van der Waals surface area contributed by atoms with Crippen molar-refractivity contribution >= 4 is 11.9 Å². The number of hydrogen-bond acceptors (Lipinski definition) is 7. The van der Waals surface area contributed by atoms with Crippen molar-refractivity contribution in [1.82, 2.24) is 35.2 Å². The number of rotatable bonds is 6. The van der Waals surface area contributed by atoms with Gasteiger partial charge >= 0.3 is 0 Å². The average Bonchev–Trinajstić information content (AvgIpc) is 3.11. The lowest BCUT2D eigenvalue weighted by Gasteiger charge is -2.22. The number of carbonyl (C=O) groups is 1. The molecule has 2 N–H and O–H groups in total. The van der Waals surface area contributed by atoms with Crippen LogP contribution in [-0.4, -0.2) is 63.0 Å². The number of piperidine rings is 1. The van der Waals surface area contributed by atoms with Crippen molar-refractivity contribution in [2.24, 2.45) is 5.92 Å². The third-order valence-corrected chi connectivity index (χ3v) is 4.30. The fraction of sp³-hybridized carbons (Fsp3) is 0.562. The first-order chi connectivity index (χ1) is 12.2. The molecule has 1 saturated heterocycles. The molecule has 1 aliphatic heterocycles. The quantitative estimate of drug-likeness (QED) is 0.781. The topological polar surface area (TPSA) is 101 Å². The van der Waals surface area contributed by atoms with Crippen LogP contribution in [0.3, 0.4) is 0 Å². The Labute approximate surface area is 146 Å². The maximum absolute atomic E-state index is 12.5. The maximum Gasteiger partial charge on any atom is 0.276 e. The SMILES string of the molecule is CNc1ncc(CN(C)C(=O)c2cn(CC3CCCNC3)nn2)cn1. The molecule has 0 aromatic carbocycles. The highest BCUT2D eigenvalue weighted by atomic mass is 16.2. The van der Waals surface area contributed by atoms with E-state index < -0.39 is 0 Å². The van der Waals surface area contributed by atoms with Crippen LogP contribution in [0.4, 0.5) is 5.95 Å². The lowest BCUT2D eigenvalue weighted by atomic mass is 10.00. The summed E-state index contributed by atoms with van der Waals surface area (Å²) in [5.74, 6) is 0.933. The number of hydrogen-bond donors (Lipinski definition) is 2. The first-order valence-electron chi connectivity index (χ1n) is 8.50. The first kappa shape index (κ1) is 17.3. The second kappa shape index (κ2) is 8.02.